The smallest absolute Gasteiger partial charge is 0.341 e. The van der Waals surface area contributed by atoms with Gasteiger partial charge in [0, 0.05) is 6.08 Å². The van der Waals surface area contributed by atoms with Gasteiger partial charge in [-0.25, -0.2) is 4.79 Å². The highest BCUT2D eigenvalue weighted by Gasteiger charge is 2.15. The predicted molar refractivity (Wildman–Crippen MR) is 75.4 cm³/mol. The highest BCUT2D eigenvalue weighted by atomic mass is 28.2. The summed E-state index contributed by atoms with van der Waals surface area (Å²) in [6, 6.07) is 3.66. The van der Waals surface area contributed by atoms with Gasteiger partial charge in [0.2, 0.25) is 5.75 Å². The van der Waals surface area contributed by atoms with Crippen LogP contribution in [0, 0.1) is 0 Å². The first-order valence-corrected chi connectivity index (χ1v) is 6.45. The van der Waals surface area contributed by atoms with Gasteiger partial charge in [-0.05, 0) is 24.5 Å². The zero-order valence-electron chi connectivity index (χ0n) is 11.6. The summed E-state index contributed by atoms with van der Waals surface area (Å²) in [5.74, 6) is 1.24. The molecule has 5 nitrogen and oxygen atoms in total. The first-order valence-electron chi connectivity index (χ1n) is 6.04. The Labute approximate surface area is 122 Å². The second-order valence-corrected chi connectivity index (χ2v) is 4.07. The Bertz CT molecular complexity index is 473. The van der Waals surface area contributed by atoms with Gasteiger partial charge >= 0.3 is 16.5 Å². The predicted octanol–water partition coefficient (Wildman–Crippen LogP) is 1.83. The van der Waals surface area contributed by atoms with Crippen LogP contribution in [0.1, 0.15) is 12.0 Å². The van der Waals surface area contributed by atoms with E-state index in [1.165, 1.54) is 0 Å². The van der Waals surface area contributed by atoms with E-state index in [4.69, 9.17) is 18.6 Å². The van der Waals surface area contributed by atoms with Crippen LogP contribution in [0.15, 0.2) is 24.8 Å². The molecule has 0 heterocycles. The number of hydrogen-bond acceptors (Lipinski definition) is 5. The number of aryl methyl sites for hydroxylation is 1. The Kier molecular flexibility index (Phi) is 6.65. The zero-order chi connectivity index (χ0) is 15.0. The van der Waals surface area contributed by atoms with Gasteiger partial charge in [0.25, 0.3) is 0 Å². The number of carbonyl (C=O) groups is 1. The molecule has 0 saturated heterocycles. The molecule has 0 aliphatic rings. The van der Waals surface area contributed by atoms with Gasteiger partial charge in [0.1, 0.15) is 5.75 Å². The third-order valence-electron chi connectivity index (χ3n) is 2.68. The topological polar surface area (TPSA) is 54.0 Å². The molecule has 0 N–H and O–H groups in total. The number of benzene rings is 1. The van der Waals surface area contributed by atoms with Crippen molar-refractivity contribution in [2.24, 2.45) is 0 Å². The van der Waals surface area contributed by atoms with Crippen LogP contribution in [-0.2, 0) is 16.0 Å². The van der Waals surface area contributed by atoms with E-state index in [0.717, 1.165) is 11.6 Å². The van der Waals surface area contributed by atoms with Crippen molar-refractivity contribution in [2.75, 3.05) is 20.8 Å². The van der Waals surface area contributed by atoms with E-state index < -0.39 is 5.97 Å². The largest absolute Gasteiger partial charge is 0.538 e. The summed E-state index contributed by atoms with van der Waals surface area (Å²) < 4.78 is 20.6. The second kappa shape index (κ2) is 8.26. The number of esters is 1. The van der Waals surface area contributed by atoms with Crippen LogP contribution < -0.4 is 13.9 Å². The Morgan fingerprint density at radius 3 is 2.55 bits per heavy atom. The molecule has 20 heavy (non-hydrogen) atoms. The molecular formula is C14H17O5Si. The molecule has 6 heteroatoms. The molecule has 0 atom stereocenters. The van der Waals surface area contributed by atoms with E-state index in [1.54, 1.807) is 20.3 Å². The third-order valence-corrected chi connectivity index (χ3v) is 2.90. The van der Waals surface area contributed by atoms with E-state index in [1.807, 2.05) is 6.07 Å². The van der Waals surface area contributed by atoms with Crippen molar-refractivity contribution in [3.05, 3.63) is 30.4 Å². The van der Waals surface area contributed by atoms with E-state index in [-0.39, 0.29) is 0 Å². The molecule has 0 fully saturated rings. The standard InChI is InChI=1S/C14H17O5Si/c1-4-12(15)18-9-5-6-10-7-8-11(19-20)14(17-3)13(10)16-2/h4,7-8H,1,5-6,9H2,2-3H3. The molecule has 1 aromatic rings. The lowest BCUT2D eigenvalue weighted by molar-refractivity contribution is -0.137. The van der Waals surface area contributed by atoms with Crippen molar-refractivity contribution in [2.45, 2.75) is 12.8 Å². The summed E-state index contributed by atoms with van der Waals surface area (Å²) in [6.45, 7) is 3.66. The minimum Gasteiger partial charge on any atom is -0.538 e. The molecular weight excluding hydrogens is 276 g/mol. The normalized spacial score (nSPS) is 9.75. The number of methoxy groups -OCH3 is 2. The van der Waals surface area contributed by atoms with Gasteiger partial charge in [0.05, 0.1) is 20.8 Å². The summed E-state index contributed by atoms with van der Waals surface area (Å²) in [7, 11) is 6.08. The molecule has 0 saturated carbocycles. The van der Waals surface area contributed by atoms with Gasteiger partial charge < -0.3 is 18.6 Å². The molecule has 1 aromatic carbocycles. The summed E-state index contributed by atoms with van der Waals surface area (Å²) in [6.07, 6.45) is 2.50. The van der Waals surface area contributed by atoms with Crippen molar-refractivity contribution in [3.63, 3.8) is 0 Å². The van der Waals surface area contributed by atoms with Crippen molar-refractivity contribution >= 4 is 16.5 Å². The fraction of sp³-hybridized carbons (Fsp3) is 0.357. The molecule has 0 aliphatic carbocycles. The summed E-state index contributed by atoms with van der Waals surface area (Å²) in [5, 5.41) is 0. The number of rotatable bonds is 8. The van der Waals surface area contributed by atoms with Gasteiger partial charge in [0.15, 0.2) is 5.75 Å². The van der Waals surface area contributed by atoms with Crippen LogP contribution >= 0.6 is 0 Å². The second-order valence-electron chi connectivity index (χ2n) is 3.87. The number of hydrogen-bond donors (Lipinski definition) is 0. The quantitative estimate of drug-likeness (QED) is 0.317. The molecule has 107 valence electrons. The molecule has 0 unspecified atom stereocenters. The van der Waals surface area contributed by atoms with Gasteiger partial charge in [-0.1, -0.05) is 12.6 Å². The van der Waals surface area contributed by atoms with Crippen molar-refractivity contribution in [1.29, 1.82) is 0 Å². The van der Waals surface area contributed by atoms with Gasteiger partial charge in [-0.2, -0.15) is 0 Å². The lowest BCUT2D eigenvalue weighted by atomic mass is 10.1. The molecule has 3 radical (unpaired) electrons. The number of carbonyl (C=O) groups excluding carboxylic acids is 1. The van der Waals surface area contributed by atoms with Crippen LogP contribution in [0.2, 0.25) is 0 Å². The Morgan fingerprint density at radius 1 is 1.30 bits per heavy atom. The minimum absolute atomic E-state index is 0.326. The van der Waals surface area contributed by atoms with E-state index >= 15 is 0 Å². The van der Waals surface area contributed by atoms with Gasteiger partial charge in [-0.3, -0.25) is 0 Å². The average Bonchev–Trinajstić information content (AvgIpc) is 2.49. The van der Waals surface area contributed by atoms with E-state index in [0.29, 0.717) is 36.7 Å². The van der Waals surface area contributed by atoms with Crippen molar-refractivity contribution in [3.8, 4) is 17.2 Å². The minimum atomic E-state index is -0.419. The van der Waals surface area contributed by atoms with Crippen LogP contribution in [-0.4, -0.2) is 37.3 Å². The lowest BCUT2D eigenvalue weighted by Gasteiger charge is -2.15. The third kappa shape index (κ3) is 4.02. The van der Waals surface area contributed by atoms with Crippen LogP contribution in [0.3, 0.4) is 0 Å². The monoisotopic (exact) mass is 293 g/mol. The van der Waals surface area contributed by atoms with Crippen molar-refractivity contribution in [1.82, 2.24) is 0 Å². The van der Waals surface area contributed by atoms with Crippen LogP contribution in [0.5, 0.6) is 17.2 Å². The average molecular weight is 293 g/mol. The first-order chi connectivity index (χ1) is 9.67. The fourth-order valence-corrected chi connectivity index (χ4v) is 1.93. The highest BCUT2D eigenvalue weighted by molar-refractivity contribution is 6.00. The lowest BCUT2D eigenvalue weighted by Crippen LogP contribution is -2.04. The van der Waals surface area contributed by atoms with E-state index in [9.17, 15) is 4.79 Å². The molecule has 1 rings (SSSR count). The zero-order valence-corrected chi connectivity index (χ0v) is 12.6. The Hall–Kier alpha value is -1.95. The summed E-state index contributed by atoms with van der Waals surface area (Å²) >= 11 is 0. The molecule has 0 spiro atoms. The maximum absolute atomic E-state index is 10.9. The highest BCUT2D eigenvalue weighted by Crippen LogP contribution is 2.39. The number of ether oxygens (including phenoxy) is 3. The molecule has 0 aliphatic heterocycles. The summed E-state index contributed by atoms with van der Waals surface area (Å²) in [5.41, 5.74) is 0.950. The fourth-order valence-electron chi connectivity index (χ4n) is 1.77. The summed E-state index contributed by atoms with van der Waals surface area (Å²) in [4.78, 5) is 10.9. The Balaban J connectivity index is 2.75. The SMILES string of the molecule is C=CC(=O)OCCCc1ccc(O[Si])c(OC)c1OC. The van der Waals surface area contributed by atoms with Crippen molar-refractivity contribution < 1.29 is 23.4 Å². The molecule has 0 amide bonds. The van der Waals surface area contributed by atoms with Gasteiger partial charge in [-0.15, -0.1) is 0 Å². The molecule has 0 bridgehead atoms. The Morgan fingerprint density at radius 2 is 2.00 bits per heavy atom. The van der Waals surface area contributed by atoms with Crippen LogP contribution in [0.25, 0.3) is 0 Å². The molecule has 0 aromatic heterocycles. The van der Waals surface area contributed by atoms with Crippen LogP contribution in [0.4, 0.5) is 0 Å². The first kappa shape index (κ1) is 16.1. The maximum atomic E-state index is 10.9. The van der Waals surface area contributed by atoms with E-state index in [2.05, 4.69) is 17.1 Å². The maximum Gasteiger partial charge on any atom is 0.341 e.